The van der Waals surface area contributed by atoms with E-state index >= 15 is 0 Å². The zero-order valence-corrected chi connectivity index (χ0v) is 12.1. The zero-order chi connectivity index (χ0) is 14.6. The van der Waals surface area contributed by atoms with Crippen LogP contribution in [0.2, 0.25) is 0 Å². The van der Waals surface area contributed by atoms with Crippen molar-refractivity contribution in [2.24, 2.45) is 23.0 Å². The molecule has 2 unspecified atom stereocenters. The number of rotatable bonds is 4. The second-order valence-electron chi connectivity index (χ2n) is 6.58. The van der Waals surface area contributed by atoms with Gasteiger partial charge in [-0.25, -0.2) is 0 Å². The predicted molar refractivity (Wildman–Crippen MR) is 73.5 cm³/mol. The van der Waals surface area contributed by atoms with E-state index in [2.05, 4.69) is 5.32 Å². The molecule has 1 saturated carbocycles. The first-order chi connectivity index (χ1) is 8.73. The molecular formula is C14H26N2O3. The summed E-state index contributed by atoms with van der Waals surface area (Å²) in [5.74, 6) is -1.25. The van der Waals surface area contributed by atoms with Gasteiger partial charge in [0.05, 0.1) is 12.0 Å². The molecule has 1 aliphatic rings. The molecule has 0 aromatic heterocycles. The molecule has 4 N–H and O–H groups in total. The quantitative estimate of drug-likeness (QED) is 0.719. The average Bonchev–Trinajstić information content (AvgIpc) is 2.34. The minimum Gasteiger partial charge on any atom is -0.481 e. The van der Waals surface area contributed by atoms with Crippen molar-refractivity contribution in [2.75, 3.05) is 6.54 Å². The van der Waals surface area contributed by atoms with E-state index in [9.17, 15) is 14.7 Å². The van der Waals surface area contributed by atoms with Gasteiger partial charge in [0.2, 0.25) is 5.91 Å². The number of hydrogen-bond acceptors (Lipinski definition) is 3. The van der Waals surface area contributed by atoms with Crippen molar-refractivity contribution < 1.29 is 14.7 Å². The van der Waals surface area contributed by atoms with Crippen molar-refractivity contribution in [3.05, 3.63) is 0 Å². The second-order valence-corrected chi connectivity index (χ2v) is 6.58. The van der Waals surface area contributed by atoms with Crippen molar-refractivity contribution >= 4 is 11.9 Å². The fourth-order valence-corrected chi connectivity index (χ4v) is 2.51. The average molecular weight is 270 g/mol. The Bertz CT molecular complexity index is 336. The van der Waals surface area contributed by atoms with Crippen molar-refractivity contribution in [1.82, 2.24) is 5.32 Å². The van der Waals surface area contributed by atoms with E-state index in [1.165, 1.54) is 0 Å². The van der Waals surface area contributed by atoms with Crippen LogP contribution in [0.3, 0.4) is 0 Å². The summed E-state index contributed by atoms with van der Waals surface area (Å²) in [6, 6.07) is -0.570. The Hall–Kier alpha value is -1.10. The SMILES string of the molecule is CC(C)(C)[C@@H](N)C(=O)NCC1CCCCC1C(=O)O. The Balaban J connectivity index is 2.51. The Morgan fingerprint density at radius 1 is 1.32 bits per heavy atom. The number of nitrogens with two attached hydrogens (primary N) is 1. The number of carboxylic acid groups (broad SMARTS) is 1. The highest BCUT2D eigenvalue weighted by Crippen LogP contribution is 2.29. The molecule has 3 atom stereocenters. The van der Waals surface area contributed by atoms with E-state index in [0.29, 0.717) is 13.0 Å². The lowest BCUT2D eigenvalue weighted by Crippen LogP contribution is -2.50. The third kappa shape index (κ3) is 4.49. The zero-order valence-electron chi connectivity index (χ0n) is 12.1. The molecule has 1 aliphatic carbocycles. The first kappa shape index (κ1) is 16.0. The van der Waals surface area contributed by atoms with Crippen LogP contribution in [-0.2, 0) is 9.59 Å². The summed E-state index contributed by atoms with van der Waals surface area (Å²) in [5, 5.41) is 12.0. The van der Waals surface area contributed by atoms with Crippen molar-refractivity contribution in [3.8, 4) is 0 Å². The van der Waals surface area contributed by atoms with Crippen molar-refractivity contribution in [3.63, 3.8) is 0 Å². The number of nitrogens with one attached hydrogen (secondary N) is 1. The minimum absolute atomic E-state index is 0.0300. The van der Waals surface area contributed by atoms with Gasteiger partial charge in [-0.15, -0.1) is 0 Å². The van der Waals surface area contributed by atoms with Crippen molar-refractivity contribution in [1.29, 1.82) is 0 Å². The molecule has 0 heterocycles. The van der Waals surface area contributed by atoms with E-state index in [-0.39, 0.29) is 23.2 Å². The van der Waals surface area contributed by atoms with Crippen LogP contribution in [0.5, 0.6) is 0 Å². The predicted octanol–water partition coefficient (Wildman–Crippen LogP) is 1.37. The van der Waals surface area contributed by atoms with Crippen LogP contribution in [0.15, 0.2) is 0 Å². The van der Waals surface area contributed by atoms with Crippen LogP contribution >= 0.6 is 0 Å². The molecular weight excluding hydrogens is 244 g/mol. The normalized spacial score (nSPS) is 25.7. The van der Waals surface area contributed by atoms with E-state index in [1.54, 1.807) is 0 Å². The highest BCUT2D eigenvalue weighted by atomic mass is 16.4. The molecule has 0 spiro atoms. The molecule has 1 fully saturated rings. The van der Waals surface area contributed by atoms with Crippen LogP contribution < -0.4 is 11.1 Å². The van der Waals surface area contributed by atoms with Gasteiger partial charge in [-0.3, -0.25) is 9.59 Å². The lowest BCUT2D eigenvalue weighted by Gasteiger charge is -2.30. The van der Waals surface area contributed by atoms with E-state index < -0.39 is 12.0 Å². The Kier molecular flexibility index (Phi) is 5.35. The van der Waals surface area contributed by atoms with Crippen LogP contribution in [0.4, 0.5) is 0 Å². The highest BCUT2D eigenvalue weighted by Gasteiger charge is 2.32. The van der Waals surface area contributed by atoms with Gasteiger partial charge >= 0.3 is 5.97 Å². The maximum atomic E-state index is 11.9. The maximum Gasteiger partial charge on any atom is 0.306 e. The summed E-state index contributed by atoms with van der Waals surface area (Å²) < 4.78 is 0. The lowest BCUT2D eigenvalue weighted by molar-refractivity contribution is -0.145. The largest absolute Gasteiger partial charge is 0.481 e. The maximum absolute atomic E-state index is 11.9. The van der Waals surface area contributed by atoms with Gasteiger partial charge in [0, 0.05) is 6.54 Å². The number of amides is 1. The van der Waals surface area contributed by atoms with E-state index in [0.717, 1.165) is 19.3 Å². The summed E-state index contributed by atoms with van der Waals surface area (Å²) in [6.07, 6.45) is 3.57. The summed E-state index contributed by atoms with van der Waals surface area (Å²) in [7, 11) is 0. The molecule has 19 heavy (non-hydrogen) atoms. The fraction of sp³-hybridized carbons (Fsp3) is 0.857. The van der Waals surface area contributed by atoms with E-state index in [1.807, 2.05) is 20.8 Å². The summed E-state index contributed by atoms with van der Waals surface area (Å²) in [6.45, 7) is 6.16. The molecule has 0 aliphatic heterocycles. The Labute approximate surface area is 114 Å². The molecule has 5 heteroatoms. The Morgan fingerprint density at radius 2 is 1.89 bits per heavy atom. The smallest absolute Gasteiger partial charge is 0.306 e. The summed E-state index contributed by atoms with van der Waals surface area (Å²) in [4.78, 5) is 23.1. The van der Waals surface area contributed by atoms with E-state index in [4.69, 9.17) is 5.73 Å². The lowest BCUT2D eigenvalue weighted by atomic mass is 9.79. The molecule has 0 aromatic carbocycles. The first-order valence-corrected chi connectivity index (χ1v) is 6.99. The van der Waals surface area contributed by atoms with Gasteiger partial charge in [0.15, 0.2) is 0 Å². The monoisotopic (exact) mass is 270 g/mol. The number of carbonyl (C=O) groups excluding carboxylic acids is 1. The van der Waals surface area contributed by atoms with Gasteiger partial charge < -0.3 is 16.2 Å². The third-order valence-corrected chi connectivity index (χ3v) is 3.98. The number of aliphatic carboxylic acids is 1. The number of carbonyl (C=O) groups is 2. The summed E-state index contributed by atoms with van der Waals surface area (Å²) in [5.41, 5.74) is 5.59. The molecule has 1 rings (SSSR count). The summed E-state index contributed by atoms with van der Waals surface area (Å²) >= 11 is 0. The molecule has 5 nitrogen and oxygen atoms in total. The number of hydrogen-bond donors (Lipinski definition) is 3. The molecule has 0 aromatic rings. The van der Waals surface area contributed by atoms with Gasteiger partial charge in [0.25, 0.3) is 0 Å². The number of carboxylic acids is 1. The topological polar surface area (TPSA) is 92.4 Å². The molecule has 0 bridgehead atoms. The molecule has 110 valence electrons. The Morgan fingerprint density at radius 3 is 2.42 bits per heavy atom. The highest BCUT2D eigenvalue weighted by molar-refractivity contribution is 5.82. The first-order valence-electron chi connectivity index (χ1n) is 6.99. The van der Waals surface area contributed by atoms with Crippen LogP contribution in [-0.4, -0.2) is 29.6 Å². The van der Waals surface area contributed by atoms with Crippen molar-refractivity contribution in [2.45, 2.75) is 52.5 Å². The van der Waals surface area contributed by atoms with Gasteiger partial charge in [-0.2, -0.15) is 0 Å². The van der Waals surface area contributed by atoms with Gasteiger partial charge in [-0.1, -0.05) is 33.6 Å². The minimum atomic E-state index is -0.751. The third-order valence-electron chi connectivity index (χ3n) is 3.98. The molecule has 0 saturated heterocycles. The van der Waals surface area contributed by atoms with Gasteiger partial charge in [0.1, 0.15) is 0 Å². The van der Waals surface area contributed by atoms with Crippen LogP contribution in [0, 0.1) is 17.3 Å². The second kappa shape index (κ2) is 6.37. The molecule has 1 amide bonds. The van der Waals surface area contributed by atoms with Crippen LogP contribution in [0.1, 0.15) is 46.5 Å². The standard InChI is InChI=1S/C14H26N2O3/c1-14(2,3)11(15)12(17)16-8-9-6-4-5-7-10(9)13(18)19/h9-11H,4-8,15H2,1-3H3,(H,16,17)(H,18,19)/t9?,10?,11-/m0/s1. The molecule has 0 radical (unpaired) electrons. The fourth-order valence-electron chi connectivity index (χ4n) is 2.51. The van der Waals surface area contributed by atoms with Crippen LogP contribution in [0.25, 0.3) is 0 Å². The van der Waals surface area contributed by atoms with Gasteiger partial charge in [-0.05, 0) is 24.2 Å².